The Kier molecular flexibility index (Phi) is 7.27. The number of hydrogen-bond acceptors (Lipinski definition) is 3. The second kappa shape index (κ2) is 9.57. The molecule has 0 aromatic heterocycles. The lowest BCUT2D eigenvalue weighted by Gasteiger charge is -2.46. The lowest BCUT2D eigenvalue weighted by molar-refractivity contribution is -0.119. The normalized spacial score (nSPS) is 26.8. The summed E-state index contributed by atoms with van der Waals surface area (Å²) in [5.41, 5.74) is 8.94. The van der Waals surface area contributed by atoms with Gasteiger partial charge in [0.05, 0.1) is 24.9 Å². The van der Waals surface area contributed by atoms with Gasteiger partial charge in [-0.25, -0.2) is 0 Å². The van der Waals surface area contributed by atoms with Crippen LogP contribution in [0.25, 0.3) is 10.4 Å². The van der Waals surface area contributed by atoms with E-state index in [4.69, 9.17) is 14.7 Å². The van der Waals surface area contributed by atoms with E-state index in [1.807, 2.05) is 6.92 Å². The van der Waals surface area contributed by atoms with E-state index in [0.717, 1.165) is 0 Å². The molecule has 3 rings (SSSR count). The summed E-state index contributed by atoms with van der Waals surface area (Å²) >= 11 is 0. The highest BCUT2D eigenvalue weighted by molar-refractivity contribution is 6.99. The first-order valence-corrected chi connectivity index (χ1v) is 13.1. The van der Waals surface area contributed by atoms with E-state index in [0.29, 0.717) is 6.61 Å². The molecule has 1 saturated heterocycles. The monoisotopic (exact) mass is 437 g/mol. The number of ether oxygens (including phenoxy) is 1. The summed E-state index contributed by atoms with van der Waals surface area (Å²) < 4.78 is 13.4. The highest BCUT2D eigenvalue weighted by Gasteiger charge is 2.51. The first-order valence-electron chi connectivity index (χ1n) is 11.2. The van der Waals surface area contributed by atoms with E-state index >= 15 is 0 Å². The smallest absolute Gasteiger partial charge is 0.261 e. The largest absolute Gasteiger partial charge is 0.405 e. The van der Waals surface area contributed by atoms with Crippen molar-refractivity contribution in [3.8, 4) is 0 Å². The minimum absolute atomic E-state index is 0.0446. The molecule has 2 unspecified atom stereocenters. The van der Waals surface area contributed by atoms with Crippen molar-refractivity contribution in [3.05, 3.63) is 71.1 Å². The van der Waals surface area contributed by atoms with Crippen molar-refractivity contribution in [1.29, 1.82) is 0 Å². The lowest BCUT2D eigenvalue weighted by atomic mass is 9.81. The molecule has 166 valence electrons. The molecule has 5 nitrogen and oxygen atoms in total. The highest BCUT2D eigenvalue weighted by Crippen LogP contribution is 2.38. The summed E-state index contributed by atoms with van der Waals surface area (Å²) in [4.78, 5) is 3.04. The maximum atomic E-state index is 8.94. The number of rotatable bonds is 6. The van der Waals surface area contributed by atoms with Crippen molar-refractivity contribution in [3.63, 3.8) is 0 Å². The third kappa shape index (κ3) is 4.58. The first-order chi connectivity index (χ1) is 14.7. The molecule has 0 N–H and O–H groups in total. The minimum atomic E-state index is -2.60. The fourth-order valence-corrected chi connectivity index (χ4v) is 9.55. The third-order valence-electron chi connectivity index (χ3n) is 6.89. The highest BCUT2D eigenvalue weighted by atomic mass is 28.4. The van der Waals surface area contributed by atoms with Gasteiger partial charge in [0, 0.05) is 4.91 Å². The van der Waals surface area contributed by atoms with E-state index < -0.39 is 8.32 Å². The molecule has 2 aromatic rings. The summed E-state index contributed by atoms with van der Waals surface area (Å²) in [6, 6.07) is 21.2. The van der Waals surface area contributed by atoms with Crippen LogP contribution in [0.4, 0.5) is 0 Å². The van der Waals surface area contributed by atoms with Crippen LogP contribution in [0.15, 0.2) is 65.8 Å². The third-order valence-corrected chi connectivity index (χ3v) is 11.9. The standard InChI is InChI=1S/C25H35N3O2Si/c1-18-19(2)24(27-28-26)20(3)30-23(18)17-29-31(25(4,5)6,21-13-9-7-10-14-21)22-15-11-8-12-16-22/h7-16,18-20,23-24H,17H2,1-6H3/t18-,19-,20+,23?,24?/m0/s1. The van der Waals surface area contributed by atoms with E-state index in [1.165, 1.54) is 10.4 Å². The predicted molar refractivity (Wildman–Crippen MR) is 129 cm³/mol. The zero-order valence-electron chi connectivity index (χ0n) is 19.5. The molecule has 2 aromatic carbocycles. The second-order valence-corrected chi connectivity index (χ2v) is 14.1. The Morgan fingerprint density at radius 1 is 0.935 bits per heavy atom. The van der Waals surface area contributed by atoms with E-state index in [2.05, 4.69) is 105 Å². The molecule has 1 aliphatic rings. The molecule has 1 aliphatic heterocycles. The Hall–Kier alpha value is -2.11. The summed E-state index contributed by atoms with van der Waals surface area (Å²) in [7, 11) is -2.60. The van der Waals surface area contributed by atoms with Gasteiger partial charge in [-0.05, 0) is 39.7 Å². The van der Waals surface area contributed by atoms with Crippen LogP contribution in [-0.2, 0) is 9.16 Å². The first kappa shape index (κ1) is 23.5. The van der Waals surface area contributed by atoms with Gasteiger partial charge >= 0.3 is 0 Å². The molecule has 0 radical (unpaired) electrons. The average Bonchev–Trinajstić information content (AvgIpc) is 2.75. The summed E-state index contributed by atoms with van der Waals surface area (Å²) in [6.45, 7) is 13.7. The van der Waals surface area contributed by atoms with Crippen LogP contribution in [0.2, 0.25) is 5.04 Å². The van der Waals surface area contributed by atoms with Gasteiger partial charge < -0.3 is 9.16 Å². The van der Waals surface area contributed by atoms with Gasteiger partial charge in [0.15, 0.2) is 0 Å². The van der Waals surface area contributed by atoms with Crippen LogP contribution in [0.3, 0.4) is 0 Å². The summed E-state index contributed by atoms with van der Waals surface area (Å²) in [5, 5.41) is 6.46. The topological polar surface area (TPSA) is 67.2 Å². The molecule has 31 heavy (non-hydrogen) atoms. The number of azide groups is 1. The maximum Gasteiger partial charge on any atom is 0.261 e. The molecule has 0 saturated carbocycles. The molecular weight excluding hydrogens is 402 g/mol. The molecule has 6 heteroatoms. The molecular formula is C25H35N3O2Si. The molecule has 1 fully saturated rings. The van der Waals surface area contributed by atoms with E-state index in [-0.39, 0.29) is 35.1 Å². The Bertz CT molecular complexity index is 854. The van der Waals surface area contributed by atoms with Gasteiger partial charge in [-0.1, -0.05) is 100 Å². The van der Waals surface area contributed by atoms with E-state index in [9.17, 15) is 0 Å². The molecule has 5 atom stereocenters. The van der Waals surface area contributed by atoms with Crippen molar-refractivity contribution in [2.45, 2.75) is 64.8 Å². The van der Waals surface area contributed by atoms with Crippen molar-refractivity contribution in [2.75, 3.05) is 6.61 Å². The van der Waals surface area contributed by atoms with Gasteiger partial charge in [0.25, 0.3) is 8.32 Å². The number of benzene rings is 2. The van der Waals surface area contributed by atoms with Crippen LogP contribution < -0.4 is 10.4 Å². The van der Waals surface area contributed by atoms with E-state index in [1.54, 1.807) is 0 Å². The molecule has 0 aliphatic carbocycles. The predicted octanol–water partition coefficient (Wildman–Crippen LogP) is 5.30. The SMILES string of the molecule is C[C@@H]1C(CO[Si](c2ccccc2)(c2ccccc2)C(C)(C)C)O[C@H](C)C(N=[N+]=[N-])[C@H]1C. The minimum Gasteiger partial charge on any atom is -0.405 e. The Morgan fingerprint density at radius 3 is 1.90 bits per heavy atom. The lowest BCUT2D eigenvalue weighted by Crippen LogP contribution is -2.67. The van der Waals surface area contributed by atoms with Crippen molar-refractivity contribution in [1.82, 2.24) is 0 Å². The maximum absolute atomic E-state index is 8.94. The fourth-order valence-electron chi connectivity index (χ4n) is 4.98. The second-order valence-electron chi connectivity index (χ2n) is 9.77. The average molecular weight is 438 g/mol. The van der Waals surface area contributed by atoms with Gasteiger partial charge in [-0.15, -0.1) is 0 Å². The van der Waals surface area contributed by atoms with Crippen molar-refractivity contribution < 1.29 is 9.16 Å². The molecule has 1 heterocycles. The van der Waals surface area contributed by atoms with Gasteiger partial charge in [-0.2, -0.15) is 0 Å². The van der Waals surface area contributed by atoms with Crippen molar-refractivity contribution in [2.24, 2.45) is 17.0 Å². The van der Waals surface area contributed by atoms with Crippen LogP contribution in [0.5, 0.6) is 0 Å². The molecule has 0 amide bonds. The van der Waals surface area contributed by atoms with Gasteiger partial charge in [-0.3, -0.25) is 0 Å². The Morgan fingerprint density at radius 2 is 1.45 bits per heavy atom. The molecule has 0 bridgehead atoms. The number of hydrogen-bond donors (Lipinski definition) is 0. The Labute approximate surface area is 187 Å². The van der Waals surface area contributed by atoms with Gasteiger partial charge in [0.2, 0.25) is 0 Å². The van der Waals surface area contributed by atoms with Crippen LogP contribution in [-0.4, -0.2) is 33.2 Å². The van der Waals surface area contributed by atoms with Gasteiger partial charge in [0.1, 0.15) is 0 Å². The van der Waals surface area contributed by atoms with Crippen molar-refractivity contribution >= 4 is 18.7 Å². The molecule has 0 spiro atoms. The zero-order valence-corrected chi connectivity index (χ0v) is 20.5. The van der Waals surface area contributed by atoms with Crippen LogP contribution >= 0.6 is 0 Å². The summed E-state index contributed by atoms with van der Waals surface area (Å²) in [6.07, 6.45) is -0.174. The Balaban J connectivity index is 1.98. The zero-order chi connectivity index (χ0) is 22.6. The number of nitrogens with zero attached hydrogens (tertiary/aromatic N) is 3. The summed E-state index contributed by atoms with van der Waals surface area (Å²) in [5.74, 6) is 0.456. The fraction of sp³-hybridized carbons (Fsp3) is 0.520. The van der Waals surface area contributed by atoms with Crippen LogP contribution in [0.1, 0.15) is 41.5 Å². The quantitative estimate of drug-likeness (QED) is 0.266. The van der Waals surface area contributed by atoms with Crippen LogP contribution in [0, 0.1) is 11.8 Å².